The summed E-state index contributed by atoms with van der Waals surface area (Å²) in [6, 6.07) is 20.6. The number of rotatable bonds is 9. The van der Waals surface area contributed by atoms with E-state index in [-0.39, 0.29) is 12.3 Å². The Balaban J connectivity index is 1.60. The minimum absolute atomic E-state index is 0.191. The molecule has 0 radical (unpaired) electrons. The minimum atomic E-state index is -0.191. The zero-order chi connectivity index (χ0) is 22.1. The van der Waals surface area contributed by atoms with Gasteiger partial charge < -0.3 is 9.47 Å². The number of ether oxygens (including phenoxy) is 2. The molecule has 0 fully saturated rings. The fourth-order valence-corrected chi connectivity index (χ4v) is 3.22. The first-order chi connectivity index (χ1) is 15.0. The summed E-state index contributed by atoms with van der Waals surface area (Å²) in [5, 5.41) is 4.70. The van der Waals surface area contributed by atoms with Gasteiger partial charge in [-0.1, -0.05) is 57.9 Å². The summed E-state index contributed by atoms with van der Waals surface area (Å²) in [4.78, 5) is 12.1. The SMILES string of the molecule is CCOc1cc(/C=N\NC(=O)Cc2ccc(Br)cc2)ccc1OCc1ccccc1Cl. The fourth-order valence-electron chi connectivity index (χ4n) is 2.77. The van der Waals surface area contributed by atoms with Gasteiger partial charge in [-0.2, -0.15) is 5.10 Å². The van der Waals surface area contributed by atoms with Crippen LogP contribution in [0.15, 0.2) is 76.3 Å². The zero-order valence-corrected chi connectivity index (χ0v) is 19.3. The lowest BCUT2D eigenvalue weighted by Crippen LogP contribution is -2.19. The maximum Gasteiger partial charge on any atom is 0.244 e. The van der Waals surface area contributed by atoms with Crippen LogP contribution in [-0.4, -0.2) is 18.7 Å². The number of halogens is 2. The van der Waals surface area contributed by atoms with Gasteiger partial charge in [-0.15, -0.1) is 0 Å². The van der Waals surface area contributed by atoms with Crippen LogP contribution < -0.4 is 14.9 Å². The predicted octanol–water partition coefficient (Wildman–Crippen LogP) is 5.77. The van der Waals surface area contributed by atoms with Gasteiger partial charge in [-0.3, -0.25) is 4.79 Å². The van der Waals surface area contributed by atoms with E-state index in [1.165, 1.54) is 0 Å². The molecule has 1 N–H and O–H groups in total. The van der Waals surface area contributed by atoms with E-state index >= 15 is 0 Å². The molecule has 0 aliphatic heterocycles. The van der Waals surface area contributed by atoms with Crippen LogP contribution in [0.5, 0.6) is 11.5 Å². The van der Waals surface area contributed by atoms with Crippen molar-refractivity contribution in [1.82, 2.24) is 5.43 Å². The van der Waals surface area contributed by atoms with Crippen LogP contribution in [0.3, 0.4) is 0 Å². The number of amides is 1. The molecule has 1 amide bonds. The molecular weight excluding hydrogens is 480 g/mol. The van der Waals surface area contributed by atoms with Gasteiger partial charge in [-0.25, -0.2) is 5.43 Å². The summed E-state index contributed by atoms with van der Waals surface area (Å²) >= 11 is 9.57. The van der Waals surface area contributed by atoms with Crippen molar-refractivity contribution < 1.29 is 14.3 Å². The van der Waals surface area contributed by atoms with E-state index < -0.39 is 0 Å². The molecule has 3 rings (SSSR count). The maximum absolute atomic E-state index is 12.1. The van der Waals surface area contributed by atoms with Gasteiger partial charge in [0.15, 0.2) is 11.5 Å². The molecule has 0 aliphatic rings. The Labute approximate surface area is 195 Å². The van der Waals surface area contributed by atoms with Crippen molar-refractivity contribution in [2.45, 2.75) is 20.0 Å². The van der Waals surface area contributed by atoms with E-state index in [1.807, 2.05) is 73.7 Å². The van der Waals surface area contributed by atoms with Crippen LogP contribution >= 0.6 is 27.5 Å². The largest absolute Gasteiger partial charge is 0.490 e. The Hall–Kier alpha value is -2.83. The summed E-state index contributed by atoms with van der Waals surface area (Å²) in [6.07, 6.45) is 1.82. The highest BCUT2D eigenvalue weighted by Crippen LogP contribution is 2.29. The van der Waals surface area contributed by atoms with Gasteiger partial charge in [-0.05, 0) is 54.4 Å². The Morgan fingerprint density at radius 1 is 1.06 bits per heavy atom. The number of carbonyl (C=O) groups is 1. The van der Waals surface area contributed by atoms with Gasteiger partial charge in [0.25, 0.3) is 0 Å². The van der Waals surface area contributed by atoms with Gasteiger partial charge in [0.2, 0.25) is 5.91 Å². The molecule has 0 saturated heterocycles. The monoisotopic (exact) mass is 500 g/mol. The smallest absolute Gasteiger partial charge is 0.244 e. The molecule has 0 saturated carbocycles. The first kappa shape index (κ1) is 22.8. The van der Waals surface area contributed by atoms with Gasteiger partial charge in [0.05, 0.1) is 19.2 Å². The second-order valence-corrected chi connectivity index (χ2v) is 7.94. The van der Waals surface area contributed by atoms with Crippen molar-refractivity contribution in [3.8, 4) is 11.5 Å². The van der Waals surface area contributed by atoms with Crippen molar-refractivity contribution in [3.05, 3.63) is 92.9 Å². The molecule has 0 aromatic heterocycles. The van der Waals surface area contributed by atoms with Crippen molar-refractivity contribution in [3.63, 3.8) is 0 Å². The average Bonchev–Trinajstić information content (AvgIpc) is 2.76. The summed E-state index contributed by atoms with van der Waals surface area (Å²) in [5.41, 5.74) is 5.13. The van der Waals surface area contributed by atoms with E-state index in [0.717, 1.165) is 21.2 Å². The van der Waals surface area contributed by atoms with E-state index in [0.29, 0.717) is 29.7 Å². The number of nitrogens with one attached hydrogen (secondary N) is 1. The van der Waals surface area contributed by atoms with Crippen molar-refractivity contribution in [2.24, 2.45) is 5.10 Å². The lowest BCUT2D eigenvalue weighted by Gasteiger charge is -2.13. The Morgan fingerprint density at radius 3 is 2.58 bits per heavy atom. The second-order valence-electron chi connectivity index (χ2n) is 6.62. The topological polar surface area (TPSA) is 59.9 Å². The van der Waals surface area contributed by atoms with Crippen molar-refractivity contribution in [2.75, 3.05) is 6.61 Å². The van der Waals surface area contributed by atoms with Crippen LogP contribution in [0.2, 0.25) is 5.02 Å². The maximum atomic E-state index is 12.1. The second kappa shape index (κ2) is 11.5. The molecule has 160 valence electrons. The average molecular weight is 502 g/mol. The summed E-state index contributed by atoms with van der Waals surface area (Å²) < 4.78 is 12.6. The fraction of sp³-hybridized carbons (Fsp3) is 0.167. The molecule has 3 aromatic rings. The number of benzene rings is 3. The number of carbonyl (C=O) groups excluding carboxylic acids is 1. The highest BCUT2D eigenvalue weighted by molar-refractivity contribution is 9.10. The lowest BCUT2D eigenvalue weighted by atomic mass is 10.1. The molecule has 3 aromatic carbocycles. The third kappa shape index (κ3) is 7.12. The van der Waals surface area contributed by atoms with Crippen molar-refractivity contribution >= 4 is 39.7 Å². The Bertz CT molecular complexity index is 1050. The van der Waals surface area contributed by atoms with Crippen LogP contribution in [0.4, 0.5) is 0 Å². The molecule has 0 unspecified atom stereocenters. The van der Waals surface area contributed by atoms with Crippen LogP contribution in [0.25, 0.3) is 0 Å². The molecule has 31 heavy (non-hydrogen) atoms. The molecule has 0 heterocycles. The Morgan fingerprint density at radius 2 is 1.84 bits per heavy atom. The van der Waals surface area contributed by atoms with Crippen LogP contribution in [0.1, 0.15) is 23.6 Å². The number of hydrogen-bond acceptors (Lipinski definition) is 4. The number of hydrogen-bond donors (Lipinski definition) is 1. The minimum Gasteiger partial charge on any atom is -0.490 e. The number of nitrogens with zero attached hydrogens (tertiary/aromatic N) is 1. The summed E-state index contributed by atoms with van der Waals surface area (Å²) in [6.45, 7) is 2.73. The van der Waals surface area contributed by atoms with E-state index in [4.69, 9.17) is 21.1 Å². The third-order valence-electron chi connectivity index (χ3n) is 4.29. The molecule has 7 heteroatoms. The van der Waals surface area contributed by atoms with Gasteiger partial charge in [0, 0.05) is 15.1 Å². The standard InChI is InChI=1S/C24H22BrClN2O3/c1-2-30-23-13-18(9-12-22(23)31-16-19-5-3-4-6-21(19)26)15-27-28-24(29)14-17-7-10-20(25)11-8-17/h3-13,15H,2,14,16H2,1H3,(H,28,29)/b27-15-. The molecule has 5 nitrogen and oxygen atoms in total. The highest BCUT2D eigenvalue weighted by Gasteiger charge is 2.08. The number of hydrazone groups is 1. The molecule has 0 atom stereocenters. The van der Waals surface area contributed by atoms with E-state index in [9.17, 15) is 4.79 Å². The third-order valence-corrected chi connectivity index (χ3v) is 5.19. The van der Waals surface area contributed by atoms with Crippen LogP contribution in [-0.2, 0) is 17.8 Å². The first-order valence-corrected chi connectivity index (χ1v) is 10.9. The zero-order valence-electron chi connectivity index (χ0n) is 17.0. The highest BCUT2D eigenvalue weighted by atomic mass is 79.9. The van der Waals surface area contributed by atoms with E-state index in [2.05, 4.69) is 26.5 Å². The lowest BCUT2D eigenvalue weighted by molar-refractivity contribution is -0.120. The molecule has 0 bridgehead atoms. The van der Waals surface area contributed by atoms with Crippen molar-refractivity contribution in [1.29, 1.82) is 0 Å². The normalized spacial score (nSPS) is 10.8. The summed E-state index contributed by atoms with van der Waals surface area (Å²) in [5.74, 6) is 1.01. The molecule has 0 spiro atoms. The first-order valence-electron chi connectivity index (χ1n) is 9.74. The summed E-state index contributed by atoms with van der Waals surface area (Å²) in [7, 11) is 0. The predicted molar refractivity (Wildman–Crippen MR) is 127 cm³/mol. The van der Waals surface area contributed by atoms with Crippen LogP contribution in [0, 0.1) is 0 Å². The van der Waals surface area contributed by atoms with Gasteiger partial charge >= 0.3 is 0 Å². The van der Waals surface area contributed by atoms with Gasteiger partial charge in [0.1, 0.15) is 6.61 Å². The molecular formula is C24H22BrClN2O3. The Kier molecular flexibility index (Phi) is 8.50. The van der Waals surface area contributed by atoms with E-state index in [1.54, 1.807) is 6.21 Å². The molecule has 0 aliphatic carbocycles. The quantitative estimate of drug-likeness (QED) is 0.299.